The summed E-state index contributed by atoms with van der Waals surface area (Å²) in [6.07, 6.45) is 2.48. The zero-order valence-electron chi connectivity index (χ0n) is 9.38. The zero-order valence-corrected chi connectivity index (χ0v) is 9.38. The number of benzene rings is 1. The molecule has 0 radical (unpaired) electrons. The molecule has 1 rings (SSSR count). The Kier molecular flexibility index (Phi) is 7.38. The van der Waals surface area contributed by atoms with E-state index in [-0.39, 0.29) is 0 Å². The van der Waals surface area contributed by atoms with Gasteiger partial charge in [-0.25, -0.2) is 0 Å². The van der Waals surface area contributed by atoms with E-state index in [0.717, 1.165) is 0 Å². The molecule has 0 saturated carbocycles. The molecule has 1 aromatic carbocycles. The highest BCUT2D eigenvalue weighted by atomic mass is 14.0. The van der Waals surface area contributed by atoms with E-state index in [0.29, 0.717) is 5.92 Å². The molecule has 0 unspecified atom stereocenters. The third-order valence-corrected chi connectivity index (χ3v) is 1.98. The molecular formula is C13H22. The molecule has 0 bridgehead atoms. The van der Waals surface area contributed by atoms with Crippen LogP contribution < -0.4 is 0 Å². The highest BCUT2D eigenvalue weighted by Crippen LogP contribution is 2.16. The van der Waals surface area contributed by atoms with Crippen LogP contribution in [-0.2, 0) is 0 Å². The third kappa shape index (κ3) is 5.46. The largest absolute Gasteiger partial charge is 0.0656 e. The molecule has 0 heteroatoms. The van der Waals surface area contributed by atoms with Crippen molar-refractivity contribution in [3.05, 3.63) is 35.9 Å². The van der Waals surface area contributed by atoms with E-state index < -0.39 is 0 Å². The predicted octanol–water partition coefficient (Wildman–Crippen LogP) is 4.62. The SMILES string of the molecule is CCC.CC[C@H](C)c1ccccc1. The van der Waals surface area contributed by atoms with Crippen LogP contribution in [0.1, 0.15) is 52.0 Å². The van der Waals surface area contributed by atoms with Crippen LogP contribution in [0.5, 0.6) is 0 Å². The molecule has 0 aliphatic heterocycles. The minimum absolute atomic E-state index is 0.709. The summed E-state index contributed by atoms with van der Waals surface area (Å²) in [6, 6.07) is 10.6. The molecule has 74 valence electrons. The molecule has 1 aromatic rings. The first-order valence-corrected chi connectivity index (χ1v) is 5.31. The summed E-state index contributed by atoms with van der Waals surface area (Å²) in [6.45, 7) is 8.73. The molecule has 0 nitrogen and oxygen atoms in total. The Hall–Kier alpha value is -0.780. The smallest absolute Gasteiger partial charge is 0.0193 e. The van der Waals surface area contributed by atoms with Crippen molar-refractivity contribution in [2.45, 2.75) is 46.5 Å². The van der Waals surface area contributed by atoms with Gasteiger partial charge in [0.05, 0.1) is 0 Å². The molecule has 13 heavy (non-hydrogen) atoms. The first kappa shape index (κ1) is 12.2. The van der Waals surface area contributed by atoms with Gasteiger partial charge in [-0.1, -0.05) is 64.4 Å². The van der Waals surface area contributed by atoms with E-state index in [9.17, 15) is 0 Å². The second kappa shape index (κ2) is 7.85. The predicted molar refractivity (Wildman–Crippen MR) is 61.1 cm³/mol. The molecule has 0 N–H and O–H groups in total. The number of rotatable bonds is 2. The number of hydrogen-bond donors (Lipinski definition) is 0. The normalized spacial score (nSPS) is 11.4. The van der Waals surface area contributed by atoms with Crippen LogP contribution in [0.25, 0.3) is 0 Å². The van der Waals surface area contributed by atoms with Crippen LogP contribution in [0.4, 0.5) is 0 Å². The molecule has 1 atom stereocenters. The van der Waals surface area contributed by atoms with Crippen molar-refractivity contribution in [1.82, 2.24) is 0 Å². The Bertz CT molecular complexity index is 188. The van der Waals surface area contributed by atoms with Crippen molar-refractivity contribution in [1.29, 1.82) is 0 Å². The molecule has 0 aliphatic carbocycles. The molecule has 0 aliphatic rings. The fourth-order valence-corrected chi connectivity index (χ4v) is 1.02. The van der Waals surface area contributed by atoms with Crippen LogP contribution in [0.2, 0.25) is 0 Å². The fourth-order valence-electron chi connectivity index (χ4n) is 1.02. The van der Waals surface area contributed by atoms with Crippen LogP contribution in [0, 0.1) is 0 Å². The van der Waals surface area contributed by atoms with Crippen LogP contribution >= 0.6 is 0 Å². The second-order valence-electron chi connectivity index (χ2n) is 3.43. The Morgan fingerprint density at radius 2 is 1.46 bits per heavy atom. The Morgan fingerprint density at radius 1 is 1.00 bits per heavy atom. The highest BCUT2D eigenvalue weighted by Gasteiger charge is 1.98. The van der Waals surface area contributed by atoms with Gasteiger partial charge in [-0.05, 0) is 17.9 Å². The maximum Gasteiger partial charge on any atom is -0.0193 e. The van der Waals surface area contributed by atoms with E-state index in [1.807, 2.05) is 0 Å². The zero-order chi connectivity index (χ0) is 10.1. The van der Waals surface area contributed by atoms with Crippen molar-refractivity contribution in [3.8, 4) is 0 Å². The van der Waals surface area contributed by atoms with E-state index in [2.05, 4.69) is 58.0 Å². The van der Waals surface area contributed by atoms with Crippen molar-refractivity contribution in [2.75, 3.05) is 0 Å². The maximum atomic E-state index is 2.26. The molecule has 0 fully saturated rings. The highest BCUT2D eigenvalue weighted by molar-refractivity contribution is 5.18. The van der Waals surface area contributed by atoms with Crippen LogP contribution in [0.15, 0.2) is 30.3 Å². The summed E-state index contributed by atoms with van der Waals surface area (Å²) in [7, 11) is 0. The van der Waals surface area contributed by atoms with E-state index >= 15 is 0 Å². The molecule has 0 aromatic heterocycles. The van der Waals surface area contributed by atoms with E-state index in [1.54, 1.807) is 0 Å². The standard InChI is InChI=1S/C10H14.C3H8/c1-3-9(2)10-7-5-4-6-8-10;1-3-2/h4-9H,3H2,1-2H3;3H2,1-2H3/t9-;/m0./s1. The van der Waals surface area contributed by atoms with Gasteiger partial charge in [0.2, 0.25) is 0 Å². The quantitative estimate of drug-likeness (QED) is 0.620. The Labute approximate surface area is 83.0 Å². The van der Waals surface area contributed by atoms with Crippen LogP contribution in [-0.4, -0.2) is 0 Å². The maximum absolute atomic E-state index is 2.26. The van der Waals surface area contributed by atoms with E-state index in [1.165, 1.54) is 18.4 Å². The van der Waals surface area contributed by atoms with Crippen molar-refractivity contribution in [2.24, 2.45) is 0 Å². The lowest BCUT2D eigenvalue weighted by molar-refractivity contribution is 0.733. The lowest BCUT2D eigenvalue weighted by Gasteiger charge is -2.06. The van der Waals surface area contributed by atoms with Gasteiger partial charge in [-0.15, -0.1) is 0 Å². The monoisotopic (exact) mass is 178 g/mol. The lowest BCUT2D eigenvalue weighted by atomic mass is 9.99. The summed E-state index contributed by atoms with van der Waals surface area (Å²) >= 11 is 0. The van der Waals surface area contributed by atoms with E-state index in [4.69, 9.17) is 0 Å². The molecular weight excluding hydrogens is 156 g/mol. The Balaban J connectivity index is 0.000000424. The first-order chi connectivity index (χ1) is 6.26. The third-order valence-electron chi connectivity index (χ3n) is 1.98. The van der Waals surface area contributed by atoms with Gasteiger partial charge in [-0.3, -0.25) is 0 Å². The van der Waals surface area contributed by atoms with Gasteiger partial charge in [0.1, 0.15) is 0 Å². The lowest BCUT2D eigenvalue weighted by Crippen LogP contribution is -1.88. The average Bonchev–Trinajstić information content (AvgIpc) is 2.19. The summed E-state index contributed by atoms with van der Waals surface area (Å²) < 4.78 is 0. The van der Waals surface area contributed by atoms with Crippen molar-refractivity contribution in [3.63, 3.8) is 0 Å². The Morgan fingerprint density at radius 3 is 1.85 bits per heavy atom. The fraction of sp³-hybridized carbons (Fsp3) is 0.538. The van der Waals surface area contributed by atoms with Gasteiger partial charge in [-0.2, -0.15) is 0 Å². The van der Waals surface area contributed by atoms with Gasteiger partial charge >= 0.3 is 0 Å². The topological polar surface area (TPSA) is 0 Å². The average molecular weight is 178 g/mol. The number of hydrogen-bond acceptors (Lipinski definition) is 0. The van der Waals surface area contributed by atoms with Gasteiger partial charge in [0, 0.05) is 0 Å². The summed E-state index contributed by atoms with van der Waals surface area (Å²) in [5.41, 5.74) is 1.45. The minimum atomic E-state index is 0.709. The van der Waals surface area contributed by atoms with Crippen molar-refractivity contribution < 1.29 is 0 Å². The summed E-state index contributed by atoms with van der Waals surface area (Å²) in [4.78, 5) is 0. The van der Waals surface area contributed by atoms with Gasteiger partial charge in [0.15, 0.2) is 0 Å². The molecule has 0 saturated heterocycles. The molecule has 0 heterocycles. The second-order valence-corrected chi connectivity index (χ2v) is 3.43. The first-order valence-electron chi connectivity index (χ1n) is 5.31. The molecule has 0 spiro atoms. The molecule has 0 amide bonds. The summed E-state index contributed by atoms with van der Waals surface area (Å²) in [5.74, 6) is 0.709. The van der Waals surface area contributed by atoms with Crippen LogP contribution in [0.3, 0.4) is 0 Å². The van der Waals surface area contributed by atoms with Gasteiger partial charge in [0.25, 0.3) is 0 Å². The minimum Gasteiger partial charge on any atom is -0.0656 e. The van der Waals surface area contributed by atoms with Crippen molar-refractivity contribution >= 4 is 0 Å². The van der Waals surface area contributed by atoms with Gasteiger partial charge < -0.3 is 0 Å². The summed E-state index contributed by atoms with van der Waals surface area (Å²) in [5, 5.41) is 0.